The fourth-order valence-corrected chi connectivity index (χ4v) is 2.98. The third kappa shape index (κ3) is 3.39. The lowest BCUT2D eigenvalue weighted by atomic mass is 10.3. The van der Waals surface area contributed by atoms with E-state index in [4.69, 9.17) is 0 Å². The third-order valence-electron chi connectivity index (χ3n) is 4.37. The highest BCUT2D eigenvalue weighted by Gasteiger charge is 2.15. The molecule has 4 aromatic rings. The lowest BCUT2D eigenvalue weighted by molar-refractivity contribution is -0.116. The highest BCUT2D eigenvalue weighted by atomic mass is 16.2. The molecule has 1 N–H and O–H groups in total. The van der Waals surface area contributed by atoms with Gasteiger partial charge in [-0.05, 0) is 31.2 Å². The van der Waals surface area contributed by atoms with E-state index in [0.717, 1.165) is 5.69 Å². The van der Waals surface area contributed by atoms with Gasteiger partial charge in [-0.2, -0.15) is 5.10 Å². The number of pyridine rings is 1. The Balaban J connectivity index is 1.58. The molecule has 0 bridgehead atoms. The van der Waals surface area contributed by atoms with Gasteiger partial charge in [0.05, 0.1) is 11.9 Å². The molecule has 0 fully saturated rings. The van der Waals surface area contributed by atoms with Crippen molar-refractivity contribution in [2.24, 2.45) is 0 Å². The zero-order chi connectivity index (χ0) is 19.5. The van der Waals surface area contributed by atoms with E-state index in [1.165, 1.54) is 10.8 Å². The van der Waals surface area contributed by atoms with Crippen LogP contribution < -0.4 is 10.9 Å². The van der Waals surface area contributed by atoms with Crippen LogP contribution in [0.5, 0.6) is 0 Å². The number of aryl methyl sites for hydroxylation is 1. The van der Waals surface area contributed by atoms with Crippen molar-refractivity contribution in [3.63, 3.8) is 0 Å². The minimum atomic E-state index is -0.218. The second-order valence-corrected chi connectivity index (χ2v) is 6.26. The van der Waals surface area contributed by atoms with Crippen molar-refractivity contribution >= 4 is 22.8 Å². The molecule has 3 aromatic heterocycles. The number of benzene rings is 1. The van der Waals surface area contributed by atoms with Crippen LogP contribution in [-0.4, -0.2) is 30.2 Å². The van der Waals surface area contributed by atoms with Crippen LogP contribution >= 0.6 is 0 Å². The number of anilines is 1. The molecule has 0 atom stereocenters. The molecular formula is C20H18N6O2. The van der Waals surface area contributed by atoms with Crippen LogP contribution in [0.3, 0.4) is 0 Å². The Hall–Kier alpha value is -3.81. The molecule has 0 radical (unpaired) electrons. The molecule has 0 aliphatic carbocycles. The zero-order valence-corrected chi connectivity index (χ0v) is 15.2. The topological polar surface area (TPSA) is 94.7 Å². The van der Waals surface area contributed by atoms with Gasteiger partial charge in [-0.15, -0.1) is 0 Å². The van der Waals surface area contributed by atoms with E-state index < -0.39 is 0 Å². The number of amides is 1. The Morgan fingerprint density at radius 1 is 1.11 bits per heavy atom. The summed E-state index contributed by atoms with van der Waals surface area (Å²) in [6.07, 6.45) is 3.26. The second-order valence-electron chi connectivity index (χ2n) is 6.26. The largest absolute Gasteiger partial charge is 0.311 e. The summed E-state index contributed by atoms with van der Waals surface area (Å²) in [5.41, 5.74) is 1.12. The first kappa shape index (κ1) is 17.6. The molecule has 0 aliphatic rings. The van der Waals surface area contributed by atoms with Crippen molar-refractivity contribution in [3.8, 4) is 5.69 Å². The first-order valence-electron chi connectivity index (χ1n) is 8.85. The first-order chi connectivity index (χ1) is 13.6. The quantitative estimate of drug-likeness (QED) is 0.578. The molecule has 0 saturated heterocycles. The number of carbonyl (C=O) groups is 1. The number of carbonyl (C=O) groups excluding carboxylic acids is 1. The number of aromatic nitrogens is 5. The monoisotopic (exact) mass is 374 g/mol. The van der Waals surface area contributed by atoms with E-state index in [0.29, 0.717) is 22.7 Å². The maximum atomic E-state index is 12.9. The third-order valence-corrected chi connectivity index (χ3v) is 4.37. The Bertz CT molecular complexity index is 1180. The summed E-state index contributed by atoms with van der Waals surface area (Å²) < 4.78 is 3.14. The molecule has 4 rings (SSSR count). The van der Waals surface area contributed by atoms with Gasteiger partial charge in [-0.25, -0.2) is 14.6 Å². The summed E-state index contributed by atoms with van der Waals surface area (Å²) in [6.45, 7) is 1.97. The SMILES string of the molecule is Cc1nc2c(cnn2-c2ccccc2)c(=O)n1CCC(=O)Nc1ccccn1. The highest BCUT2D eigenvalue weighted by molar-refractivity contribution is 5.89. The standard InChI is InChI=1S/C20H18N6O2/c1-14-23-19-16(13-22-26(19)15-7-3-2-4-8-15)20(28)25(14)12-10-18(27)24-17-9-5-6-11-21-17/h2-9,11,13H,10,12H2,1H3,(H,21,24,27). The lowest BCUT2D eigenvalue weighted by Gasteiger charge is -2.10. The average Bonchev–Trinajstić information content (AvgIpc) is 3.13. The highest BCUT2D eigenvalue weighted by Crippen LogP contribution is 2.14. The van der Waals surface area contributed by atoms with Gasteiger partial charge in [-0.1, -0.05) is 24.3 Å². The zero-order valence-electron chi connectivity index (χ0n) is 15.2. The minimum absolute atomic E-state index is 0.136. The average molecular weight is 374 g/mol. The van der Waals surface area contributed by atoms with E-state index in [9.17, 15) is 9.59 Å². The summed E-state index contributed by atoms with van der Waals surface area (Å²) in [5.74, 6) is 0.792. The van der Waals surface area contributed by atoms with Crippen LogP contribution in [0.4, 0.5) is 5.82 Å². The Labute approximate surface area is 160 Å². The first-order valence-corrected chi connectivity index (χ1v) is 8.85. The molecule has 8 nitrogen and oxygen atoms in total. The van der Waals surface area contributed by atoms with Gasteiger partial charge < -0.3 is 5.32 Å². The molecule has 0 spiro atoms. The van der Waals surface area contributed by atoms with Crippen molar-refractivity contribution in [2.75, 3.05) is 5.32 Å². The van der Waals surface area contributed by atoms with Gasteiger partial charge in [0.15, 0.2) is 5.65 Å². The van der Waals surface area contributed by atoms with Crippen LogP contribution in [0.2, 0.25) is 0 Å². The van der Waals surface area contributed by atoms with Gasteiger partial charge in [0.1, 0.15) is 17.0 Å². The van der Waals surface area contributed by atoms with Crippen LogP contribution in [0.15, 0.2) is 65.7 Å². The fourth-order valence-electron chi connectivity index (χ4n) is 2.98. The normalized spacial score (nSPS) is 10.9. The van der Waals surface area contributed by atoms with Gasteiger partial charge in [0.2, 0.25) is 5.91 Å². The fraction of sp³-hybridized carbons (Fsp3) is 0.150. The molecule has 140 valence electrons. The molecule has 8 heteroatoms. The number of nitrogens with zero attached hydrogens (tertiary/aromatic N) is 5. The van der Waals surface area contributed by atoms with Gasteiger partial charge in [0, 0.05) is 19.2 Å². The van der Waals surface area contributed by atoms with E-state index >= 15 is 0 Å². The smallest absolute Gasteiger partial charge is 0.264 e. The van der Waals surface area contributed by atoms with Crippen molar-refractivity contribution in [1.82, 2.24) is 24.3 Å². The number of hydrogen-bond acceptors (Lipinski definition) is 5. The van der Waals surface area contributed by atoms with E-state index in [-0.39, 0.29) is 24.4 Å². The maximum absolute atomic E-state index is 12.9. The number of nitrogens with one attached hydrogen (secondary N) is 1. The van der Waals surface area contributed by atoms with Crippen LogP contribution in [0.1, 0.15) is 12.2 Å². The molecule has 1 amide bonds. The van der Waals surface area contributed by atoms with E-state index in [2.05, 4.69) is 20.4 Å². The number of para-hydroxylation sites is 1. The van der Waals surface area contributed by atoms with Crippen molar-refractivity contribution < 1.29 is 4.79 Å². The van der Waals surface area contributed by atoms with Gasteiger partial charge in [-0.3, -0.25) is 14.2 Å². The van der Waals surface area contributed by atoms with E-state index in [1.54, 1.807) is 36.0 Å². The van der Waals surface area contributed by atoms with Crippen molar-refractivity contribution in [3.05, 3.63) is 77.1 Å². The lowest BCUT2D eigenvalue weighted by Crippen LogP contribution is -2.26. The minimum Gasteiger partial charge on any atom is -0.311 e. The number of rotatable bonds is 5. The van der Waals surface area contributed by atoms with Crippen molar-refractivity contribution in [2.45, 2.75) is 19.9 Å². The van der Waals surface area contributed by atoms with Crippen molar-refractivity contribution in [1.29, 1.82) is 0 Å². The Morgan fingerprint density at radius 2 is 1.89 bits per heavy atom. The van der Waals surface area contributed by atoms with E-state index in [1.807, 2.05) is 30.3 Å². The molecule has 28 heavy (non-hydrogen) atoms. The number of hydrogen-bond donors (Lipinski definition) is 1. The van der Waals surface area contributed by atoms with Gasteiger partial charge >= 0.3 is 0 Å². The summed E-state index contributed by atoms with van der Waals surface area (Å²) in [7, 11) is 0. The molecule has 0 aliphatic heterocycles. The predicted molar refractivity (Wildman–Crippen MR) is 105 cm³/mol. The summed E-state index contributed by atoms with van der Waals surface area (Å²) >= 11 is 0. The van der Waals surface area contributed by atoms with Gasteiger partial charge in [0.25, 0.3) is 5.56 Å². The summed E-state index contributed by atoms with van der Waals surface area (Å²) in [5, 5.41) is 7.44. The summed E-state index contributed by atoms with van der Waals surface area (Å²) in [4.78, 5) is 33.7. The maximum Gasteiger partial charge on any atom is 0.264 e. The summed E-state index contributed by atoms with van der Waals surface area (Å²) in [6, 6.07) is 14.8. The number of fused-ring (bicyclic) bond motifs is 1. The van der Waals surface area contributed by atoms with Crippen LogP contribution in [0, 0.1) is 6.92 Å². The Morgan fingerprint density at radius 3 is 2.64 bits per heavy atom. The molecule has 3 heterocycles. The molecule has 0 unspecified atom stereocenters. The molecule has 1 aromatic carbocycles. The Kier molecular flexibility index (Phi) is 4.67. The molecular weight excluding hydrogens is 356 g/mol. The van der Waals surface area contributed by atoms with Crippen LogP contribution in [0.25, 0.3) is 16.7 Å². The van der Waals surface area contributed by atoms with Crippen LogP contribution in [-0.2, 0) is 11.3 Å². The molecule has 0 saturated carbocycles. The second kappa shape index (κ2) is 7.43. The predicted octanol–water partition coefficient (Wildman–Crippen LogP) is 2.31.